The third kappa shape index (κ3) is 17.4. The van der Waals surface area contributed by atoms with E-state index in [1.165, 1.54) is 151 Å². The first-order valence-corrected chi connectivity index (χ1v) is 21.3. The number of aryl methyl sites for hydroxylation is 1. The third-order valence-corrected chi connectivity index (χ3v) is 10.6. The Hall–Kier alpha value is -2.32. The molecule has 0 aromatic heterocycles. The smallest absolute Gasteiger partial charge is 0.210 e. The van der Waals surface area contributed by atoms with Crippen LogP contribution >= 0.6 is 0 Å². The first-order chi connectivity index (χ1) is 24.6. The molecule has 0 amide bonds. The van der Waals surface area contributed by atoms with Crippen LogP contribution in [0.1, 0.15) is 215 Å². The summed E-state index contributed by atoms with van der Waals surface area (Å²) in [6.07, 6.45) is 35.8. The number of hydrogen-bond acceptors (Lipinski definition) is 1. The zero-order valence-corrected chi connectivity index (χ0v) is 33.9. The number of hydrogen-bond donors (Lipinski definition) is 0. The maximum absolute atomic E-state index is 13.0. The van der Waals surface area contributed by atoms with Gasteiger partial charge in [-0.1, -0.05) is 180 Å². The Kier molecular flexibility index (Phi) is 24.8. The predicted molar refractivity (Wildman–Crippen MR) is 216 cm³/mol. The number of allylic oxidation sites excluding steroid dienone is 2. The molecule has 0 atom stereocenters. The standard InChI is InChI=1S/C47H72N2O.Ni/c1-4-7-10-13-16-18-20-22-25-29-40-30-28-32-43(38-40)47-44(31-26-23-15-12-9-6-3)39-45(49(47)48)41-34-36-42(37-35-41)46(50)33-27-24-21-19-17-14-11-8-5-2;/h28,30,32,34-39H,4-27,29,31,33H2,1-3H3;. The van der Waals surface area contributed by atoms with E-state index in [4.69, 9.17) is 0 Å². The minimum atomic E-state index is 0. The van der Waals surface area contributed by atoms with Gasteiger partial charge in [0.1, 0.15) is 0 Å². The number of rotatable bonds is 30. The first kappa shape index (κ1) is 44.8. The Morgan fingerprint density at radius 3 is 1.55 bits per heavy atom. The van der Waals surface area contributed by atoms with Gasteiger partial charge in [-0.2, -0.15) is 0 Å². The van der Waals surface area contributed by atoms with Crippen molar-refractivity contribution in [2.75, 3.05) is 0 Å². The minimum absolute atomic E-state index is 0. The van der Waals surface area contributed by atoms with Gasteiger partial charge in [0.25, 0.3) is 0 Å². The zero-order valence-electron chi connectivity index (χ0n) is 32.9. The second kappa shape index (κ2) is 28.2. The quantitative estimate of drug-likeness (QED) is 0.0340. The van der Waals surface area contributed by atoms with E-state index in [0.29, 0.717) is 6.42 Å². The van der Waals surface area contributed by atoms with Crippen molar-refractivity contribution in [2.24, 2.45) is 0 Å². The molecule has 0 spiro atoms. The van der Waals surface area contributed by atoms with E-state index in [2.05, 4.69) is 51.1 Å². The molecule has 2 aromatic carbocycles. The van der Waals surface area contributed by atoms with Crippen molar-refractivity contribution in [3.63, 3.8) is 0 Å². The number of Topliss-reactive ketones (excluding diaryl/α,β-unsaturated/α-hetero) is 1. The van der Waals surface area contributed by atoms with E-state index >= 15 is 0 Å². The molecule has 51 heavy (non-hydrogen) atoms. The largest absolute Gasteiger partial charge is 0.493 e. The molecule has 0 saturated carbocycles. The summed E-state index contributed by atoms with van der Waals surface area (Å²) in [5, 5.41) is 0. The first-order valence-electron chi connectivity index (χ1n) is 21.3. The average molecular weight is 740 g/mol. The van der Waals surface area contributed by atoms with Crippen molar-refractivity contribution in [1.29, 1.82) is 0 Å². The van der Waals surface area contributed by atoms with Crippen molar-refractivity contribution in [3.05, 3.63) is 88.0 Å². The van der Waals surface area contributed by atoms with E-state index in [9.17, 15) is 10.3 Å². The molecule has 4 heteroatoms. The summed E-state index contributed by atoms with van der Waals surface area (Å²) in [7, 11) is 0. The minimum Gasteiger partial charge on any atom is -0.493 e. The van der Waals surface area contributed by atoms with Gasteiger partial charge in [0, 0.05) is 51.3 Å². The van der Waals surface area contributed by atoms with Gasteiger partial charge in [-0.15, -0.1) is 0 Å². The summed E-state index contributed by atoms with van der Waals surface area (Å²) in [6.45, 7) is 6.81. The number of carbonyl (C=O) groups excluding carboxylic acids is 1. The Labute approximate surface area is 324 Å². The molecule has 0 N–H and O–H groups in total. The van der Waals surface area contributed by atoms with Crippen LogP contribution in [0, 0.1) is 0 Å². The van der Waals surface area contributed by atoms with Crippen molar-refractivity contribution in [3.8, 4) is 0 Å². The Balaban J connectivity index is 0.00000901. The Morgan fingerprint density at radius 2 is 1.02 bits per heavy atom. The molecule has 1 heterocycles. The van der Waals surface area contributed by atoms with Crippen molar-refractivity contribution in [1.82, 2.24) is 0 Å². The molecule has 1 aliphatic rings. The average Bonchev–Trinajstić information content (AvgIpc) is 3.47. The van der Waals surface area contributed by atoms with Crippen molar-refractivity contribution >= 4 is 17.2 Å². The predicted octanol–water partition coefficient (Wildman–Crippen LogP) is 15.4. The number of ketones is 1. The van der Waals surface area contributed by atoms with Crippen LogP contribution < -0.4 is 0 Å². The molecule has 286 valence electrons. The monoisotopic (exact) mass is 738 g/mol. The van der Waals surface area contributed by atoms with Crippen molar-refractivity contribution < 1.29 is 26.0 Å². The molecule has 0 bridgehead atoms. The second-order valence-electron chi connectivity index (χ2n) is 15.1. The number of carbonyl (C=O) groups is 1. The van der Waals surface area contributed by atoms with Crippen LogP contribution in [0.15, 0.2) is 60.2 Å². The molecule has 1 aliphatic heterocycles. The van der Waals surface area contributed by atoms with Crippen LogP contribution in [0.25, 0.3) is 16.9 Å². The van der Waals surface area contributed by atoms with Gasteiger partial charge in [-0.05, 0) is 61.9 Å². The van der Waals surface area contributed by atoms with Gasteiger partial charge in [-0.3, -0.25) is 4.79 Å². The summed E-state index contributed by atoms with van der Waals surface area (Å²) in [5.41, 5.74) is 18.8. The fourth-order valence-electron chi connectivity index (χ4n) is 7.43. The van der Waals surface area contributed by atoms with Gasteiger partial charge in [-0.25, -0.2) is 4.70 Å². The third-order valence-electron chi connectivity index (χ3n) is 10.6. The van der Waals surface area contributed by atoms with Gasteiger partial charge >= 0.3 is 0 Å². The fraction of sp³-hybridized carbons (Fsp3) is 0.638. The molecule has 2 aromatic rings. The van der Waals surface area contributed by atoms with Gasteiger partial charge in [0.15, 0.2) is 5.78 Å². The summed E-state index contributed by atoms with van der Waals surface area (Å²) in [4.78, 5) is 13.0. The molecule has 0 radical (unpaired) electrons. The number of nitrogens with zero attached hydrogens (tertiary/aromatic N) is 2. The van der Waals surface area contributed by atoms with Gasteiger partial charge in [0.05, 0.1) is 0 Å². The molecule has 0 aliphatic carbocycles. The van der Waals surface area contributed by atoms with E-state index < -0.39 is 0 Å². The maximum Gasteiger partial charge on any atom is 0.210 e. The molecular formula is C47H72N2NiO. The summed E-state index contributed by atoms with van der Waals surface area (Å²) in [5.74, 6) is 0.229. The molecule has 0 saturated heterocycles. The Morgan fingerprint density at radius 1 is 0.549 bits per heavy atom. The Bertz CT molecular complexity index is 1310. The second-order valence-corrected chi connectivity index (χ2v) is 15.1. The molecule has 3 rings (SSSR count). The molecule has 0 fully saturated rings. The molecular weight excluding hydrogens is 667 g/mol. The normalized spacial score (nSPS) is 12.8. The summed E-state index contributed by atoms with van der Waals surface area (Å²) in [6, 6.07) is 16.8. The van der Waals surface area contributed by atoms with E-state index in [1.54, 1.807) is 0 Å². The van der Waals surface area contributed by atoms with E-state index in [1.807, 2.05) is 24.3 Å². The number of benzene rings is 2. The van der Waals surface area contributed by atoms with Crippen LogP contribution in [0.5, 0.6) is 0 Å². The maximum atomic E-state index is 13.0. The van der Waals surface area contributed by atoms with Crippen LogP contribution in [0.4, 0.5) is 0 Å². The van der Waals surface area contributed by atoms with Crippen LogP contribution in [0.2, 0.25) is 0 Å². The van der Waals surface area contributed by atoms with Crippen molar-refractivity contribution in [2.45, 2.75) is 194 Å². The van der Waals surface area contributed by atoms with Crippen LogP contribution in [0.3, 0.4) is 0 Å². The number of unbranched alkanes of at least 4 members (excludes halogenated alkanes) is 21. The summed E-state index contributed by atoms with van der Waals surface area (Å²) < 4.78 is 1.42. The fourth-order valence-corrected chi connectivity index (χ4v) is 7.43. The van der Waals surface area contributed by atoms with Gasteiger partial charge < -0.3 is 5.53 Å². The van der Waals surface area contributed by atoms with E-state index in [-0.39, 0.29) is 22.3 Å². The van der Waals surface area contributed by atoms with E-state index in [0.717, 1.165) is 60.2 Å². The summed E-state index contributed by atoms with van der Waals surface area (Å²) >= 11 is 0. The van der Waals surface area contributed by atoms with Crippen LogP contribution in [-0.2, 0) is 22.9 Å². The SMILES string of the molecule is CCCCCCCCCCCC(=O)c1ccc(C2=CC(CCCCCCCC)=C(c3cccc(CCCCCCCCCCC)c3)[N+]2=[N-])cc1.[Ni]. The topological polar surface area (TPSA) is 42.4 Å². The zero-order chi connectivity index (χ0) is 35.7. The van der Waals surface area contributed by atoms with Gasteiger partial charge in [0.2, 0.25) is 11.4 Å². The molecule has 0 unspecified atom stereocenters. The molecule has 3 nitrogen and oxygen atoms in total. The van der Waals surface area contributed by atoms with Crippen LogP contribution in [-0.4, -0.2) is 10.5 Å².